The Labute approximate surface area is 128 Å². The number of aryl methyl sites for hydroxylation is 1. The van der Waals surface area contributed by atoms with Gasteiger partial charge < -0.3 is 0 Å². The van der Waals surface area contributed by atoms with E-state index in [0.29, 0.717) is 17.9 Å². The Kier molecular flexibility index (Phi) is 3.92. The molecule has 0 aliphatic heterocycles. The predicted molar refractivity (Wildman–Crippen MR) is 82.9 cm³/mol. The van der Waals surface area contributed by atoms with Crippen LogP contribution in [0.4, 0.5) is 0 Å². The van der Waals surface area contributed by atoms with E-state index in [-0.39, 0.29) is 0 Å². The molecule has 0 aliphatic carbocycles. The van der Waals surface area contributed by atoms with E-state index in [1.165, 1.54) is 5.56 Å². The third-order valence-corrected chi connectivity index (χ3v) is 3.61. The predicted octanol–water partition coefficient (Wildman–Crippen LogP) is 2.82. The number of aromatic nitrogens is 4. The molecular weight excluding hydrogens is 274 g/mol. The Morgan fingerprint density at radius 2 is 1.86 bits per heavy atom. The van der Waals surface area contributed by atoms with Crippen LogP contribution in [0.2, 0.25) is 0 Å². The molecule has 2 aromatic carbocycles. The SMILES string of the molecule is CCc1ccc(-c2nnnn2Cc2ccccc2C#N)cc1. The van der Waals surface area contributed by atoms with Gasteiger partial charge in [0, 0.05) is 5.56 Å². The highest BCUT2D eigenvalue weighted by Crippen LogP contribution is 2.18. The zero-order valence-corrected chi connectivity index (χ0v) is 12.3. The van der Waals surface area contributed by atoms with Gasteiger partial charge in [-0.1, -0.05) is 49.4 Å². The molecule has 108 valence electrons. The summed E-state index contributed by atoms with van der Waals surface area (Å²) in [6.07, 6.45) is 1.00. The molecule has 0 saturated heterocycles. The van der Waals surface area contributed by atoms with Crippen molar-refractivity contribution in [2.45, 2.75) is 19.9 Å². The smallest absolute Gasteiger partial charge is 0.182 e. The van der Waals surface area contributed by atoms with Gasteiger partial charge in [0.15, 0.2) is 5.82 Å². The van der Waals surface area contributed by atoms with Gasteiger partial charge in [0.25, 0.3) is 0 Å². The zero-order valence-electron chi connectivity index (χ0n) is 12.3. The average molecular weight is 289 g/mol. The second-order valence-electron chi connectivity index (χ2n) is 4.98. The van der Waals surface area contributed by atoms with Crippen LogP contribution in [0, 0.1) is 11.3 Å². The van der Waals surface area contributed by atoms with Crippen molar-refractivity contribution < 1.29 is 0 Å². The summed E-state index contributed by atoms with van der Waals surface area (Å²) >= 11 is 0. The first kappa shape index (κ1) is 14.0. The normalized spacial score (nSPS) is 10.4. The maximum Gasteiger partial charge on any atom is 0.182 e. The second-order valence-corrected chi connectivity index (χ2v) is 4.98. The molecule has 22 heavy (non-hydrogen) atoms. The fourth-order valence-electron chi connectivity index (χ4n) is 2.34. The molecule has 0 radical (unpaired) electrons. The van der Waals surface area contributed by atoms with Crippen molar-refractivity contribution in [2.24, 2.45) is 0 Å². The summed E-state index contributed by atoms with van der Waals surface area (Å²) in [4.78, 5) is 0. The molecule has 0 N–H and O–H groups in total. The molecule has 0 amide bonds. The highest BCUT2D eigenvalue weighted by atomic mass is 15.5. The van der Waals surface area contributed by atoms with Crippen LogP contribution in [-0.4, -0.2) is 20.2 Å². The molecule has 5 heteroatoms. The van der Waals surface area contributed by atoms with E-state index in [1.54, 1.807) is 10.7 Å². The molecule has 0 spiro atoms. The number of rotatable bonds is 4. The molecule has 5 nitrogen and oxygen atoms in total. The zero-order chi connectivity index (χ0) is 15.4. The Morgan fingerprint density at radius 3 is 2.59 bits per heavy atom. The number of tetrazole rings is 1. The Bertz CT molecular complexity index is 812. The van der Waals surface area contributed by atoms with E-state index in [1.807, 2.05) is 30.3 Å². The highest BCUT2D eigenvalue weighted by Gasteiger charge is 2.11. The van der Waals surface area contributed by atoms with Crippen molar-refractivity contribution >= 4 is 0 Å². The Hall–Kier alpha value is -3.00. The van der Waals surface area contributed by atoms with E-state index in [4.69, 9.17) is 0 Å². The summed E-state index contributed by atoms with van der Waals surface area (Å²) in [6.45, 7) is 2.60. The molecule has 0 atom stereocenters. The van der Waals surface area contributed by atoms with Gasteiger partial charge in [-0.2, -0.15) is 5.26 Å². The van der Waals surface area contributed by atoms with Crippen molar-refractivity contribution in [1.29, 1.82) is 5.26 Å². The van der Waals surface area contributed by atoms with Crippen LogP contribution in [0.3, 0.4) is 0 Å². The van der Waals surface area contributed by atoms with E-state index >= 15 is 0 Å². The third-order valence-electron chi connectivity index (χ3n) is 3.61. The summed E-state index contributed by atoms with van der Waals surface area (Å²) in [6, 6.07) is 17.9. The maximum absolute atomic E-state index is 9.18. The summed E-state index contributed by atoms with van der Waals surface area (Å²) < 4.78 is 1.72. The van der Waals surface area contributed by atoms with Crippen molar-refractivity contribution in [2.75, 3.05) is 0 Å². The van der Waals surface area contributed by atoms with E-state index in [9.17, 15) is 5.26 Å². The molecule has 0 unspecified atom stereocenters. The summed E-state index contributed by atoms with van der Waals surface area (Å²) in [5, 5.41) is 21.1. The number of nitrogens with zero attached hydrogens (tertiary/aromatic N) is 5. The van der Waals surface area contributed by atoms with Gasteiger partial charge in [-0.05, 0) is 34.0 Å². The van der Waals surface area contributed by atoms with Crippen LogP contribution in [0.25, 0.3) is 11.4 Å². The fraction of sp³-hybridized carbons (Fsp3) is 0.176. The first-order valence-corrected chi connectivity index (χ1v) is 7.15. The molecule has 1 heterocycles. The molecular formula is C17H15N5. The van der Waals surface area contributed by atoms with Crippen LogP contribution in [0.1, 0.15) is 23.6 Å². The van der Waals surface area contributed by atoms with Gasteiger partial charge in [-0.15, -0.1) is 5.10 Å². The van der Waals surface area contributed by atoms with Crippen molar-refractivity contribution in [3.8, 4) is 17.5 Å². The molecule has 1 aromatic heterocycles. The minimum absolute atomic E-state index is 0.474. The monoisotopic (exact) mass is 289 g/mol. The quantitative estimate of drug-likeness (QED) is 0.740. The van der Waals surface area contributed by atoms with Gasteiger partial charge in [0.2, 0.25) is 0 Å². The van der Waals surface area contributed by atoms with Crippen LogP contribution < -0.4 is 0 Å². The highest BCUT2D eigenvalue weighted by molar-refractivity contribution is 5.55. The van der Waals surface area contributed by atoms with Gasteiger partial charge in [-0.25, -0.2) is 4.68 Å². The lowest BCUT2D eigenvalue weighted by Crippen LogP contribution is -2.06. The molecule has 0 bridgehead atoms. The largest absolute Gasteiger partial charge is 0.221 e. The molecule has 0 saturated carbocycles. The number of nitriles is 1. The van der Waals surface area contributed by atoms with Crippen molar-refractivity contribution in [1.82, 2.24) is 20.2 Å². The fourth-order valence-corrected chi connectivity index (χ4v) is 2.34. The summed E-state index contributed by atoms with van der Waals surface area (Å²) in [7, 11) is 0. The third kappa shape index (κ3) is 2.72. The standard InChI is InChI=1S/C17H15N5/c1-2-13-7-9-14(10-8-13)17-19-20-21-22(17)12-16-6-4-3-5-15(16)11-18/h3-10H,2,12H2,1H3. The topological polar surface area (TPSA) is 67.4 Å². The van der Waals surface area contributed by atoms with Crippen LogP contribution in [-0.2, 0) is 13.0 Å². The van der Waals surface area contributed by atoms with Gasteiger partial charge >= 0.3 is 0 Å². The molecule has 0 aliphatic rings. The van der Waals surface area contributed by atoms with Crippen LogP contribution in [0.5, 0.6) is 0 Å². The number of hydrogen-bond donors (Lipinski definition) is 0. The second kappa shape index (κ2) is 6.19. The average Bonchev–Trinajstić information content (AvgIpc) is 3.03. The van der Waals surface area contributed by atoms with Gasteiger partial charge in [-0.3, -0.25) is 0 Å². The summed E-state index contributed by atoms with van der Waals surface area (Å²) in [5.41, 5.74) is 3.79. The summed E-state index contributed by atoms with van der Waals surface area (Å²) in [5.74, 6) is 0.704. The van der Waals surface area contributed by atoms with Gasteiger partial charge in [0.05, 0.1) is 18.2 Å². The Balaban J connectivity index is 1.93. The van der Waals surface area contributed by atoms with E-state index in [2.05, 4.69) is 40.7 Å². The lowest BCUT2D eigenvalue weighted by molar-refractivity contribution is 0.652. The molecule has 3 rings (SSSR count). The minimum atomic E-state index is 0.474. The number of hydrogen-bond acceptors (Lipinski definition) is 4. The van der Waals surface area contributed by atoms with Crippen LogP contribution >= 0.6 is 0 Å². The first-order valence-electron chi connectivity index (χ1n) is 7.15. The maximum atomic E-state index is 9.18. The molecule has 0 fully saturated rings. The van der Waals surface area contributed by atoms with Gasteiger partial charge in [0.1, 0.15) is 0 Å². The lowest BCUT2D eigenvalue weighted by atomic mass is 10.1. The minimum Gasteiger partial charge on any atom is -0.221 e. The van der Waals surface area contributed by atoms with Crippen LogP contribution in [0.15, 0.2) is 48.5 Å². The van der Waals surface area contributed by atoms with E-state index in [0.717, 1.165) is 17.5 Å². The van der Waals surface area contributed by atoms with E-state index < -0.39 is 0 Å². The molecule has 3 aromatic rings. The van der Waals surface area contributed by atoms with Crippen molar-refractivity contribution in [3.63, 3.8) is 0 Å². The lowest BCUT2D eigenvalue weighted by Gasteiger charge is -2.07. The first-order chi connectivity index (χ1) is 10.8. The Morgan fingerprint density at radius 1 is 1.09 bits per heavy atom. The number of benzene rings is 2. The van der Waals surface area contributed by atoms with Crippen molar-refractivity contribution in [3.05, 3.63) is 65.2 Å².